The number of benzene rings is 1. The standard InChI is InChI=1S/C14H18Cl2N2O/c15-12-8-11(9-13(16)10-12)2-1-3-14(19)18-6-4-17-5-7-18/h8-10,17H,1-7H2. The highest BCUT2D eigenvalue weighted by Gasteiger charge is 2.15. The van der Waals surface area contributed by atoms with Crippen molar-refractivity contribution in [2.45, 2.75) is 19.3 Å². The molecule has 1 amide bonds. The summed E-state index contributed by atoms with van der Waals surface area (Å²) in [6.07, 6.45) is 2.25. The molecule has 0 radical (unpaired) electrons. The fourth-order valence-corrected chi connectivity index (χ4v) is 2.84. The Bertz CT molecular complexity index is 425. The van der Waals surface area contributed by atoms with Crippen LogP contribution in [-0.4, -0.2) is 37.0 Å². The Labute approximate surface area is 123 Å². The van der Waals surface area contributed by atoms with Gasteiger partial charge in [0.15, 0.2) is 0 Å². The molecule has 2 rings (SSSR count). The molecule has 0 aliphatic carbocycles. The van der Waals surface area contributed by atoms with Crippen molar-refractivity contribution in [3.8, 4) is 0 Å². The molecule has 19 heavy (non-hydrogen) atoms. The predicted molar refractivity (Wildman–Crippen MR) is 78.8 cm³/mol. The summed E-state index contributed by atoms with van der Waals surface area (Å²) in [4.78, 5) is 13.9. The molecule has 1 aliphatic heterocycles. The second kappa shape index (κ2) is 7.13. The maximum Gasteiger partial charge on any atom is 0.222 e. The Morgan fingerprint density at radius 1 is 1.16 bits per heavy atom. The van der Waals surface area contributed by atoms with Gasteiger partial charge >= 0.3 is 0 Å². The minimum Gasteiger partial charge on any atom is -0.340 e. The first-order valence-electron chi connectivity index (χ1n) is 6.58. The van der Waals surface area contributed by atoms with Gasteiger partial charge in [-0.1, -0.05) is 23.2 Å². The number of nitrogens with zero attached hydrogens (tertiary/aromatic N) is 1. The van der Waals surface area contributed by atoms with Gasteiger partial charge in [-0.25, -0.2) is 0 Å². The highest BCUT2D eigenvalue weighted by Crippen LogP contribution is 2.20. The van der Waals surface area contributed by atoms with Crippen molar-refractivity contribution in [2.75, 3.05) is 26.2 Å². The van der Waals surface area contributed by atoms with Crippen LogP contribution in [0.2, 0.25) is 10.0 Å². The van der Waals surface area contributed by atoms with Crippen molar-refractivity contribution in [1.29, 1.82) is 0 Å². The van der Waals surface area contributed by atoms with E-state index < -0.39 is 0 Å². The predicted octanol–water partition coefficient (Wildman–Crippen LogP) is 2.75. The van der Waals surface area contributed by atoms with Crippen LogP contribution in [0.5, 0.6) is 0 Å². The molecule has 0 saturated carbocycles. The monoisotopic (exact) mass is 300 g/mol. The van der Waals surface area contributed by atoms with E-state index in [2.05, 4.69) is 5.32 Å². The molecule has 1 saturated heterocycles. The highest BCUT2D eigenvalue weighted by atomic mass is 35.5. The number of carbonyl (C=O) groups is 1. The first-order valence-corrected chi connectivity index (χ1v) is 7.34. The van der Waals surface area contributed by atoms with Gasteiger partial charge in [-0.05, 0) is 36.6 Å². The Morgan fingerprint density at radius 3 is 2.42 bits per heavy atom. The number of hydrogen-bond acceptors (Lipinski definition) is 2. The van der Waals surface area contributed by atoms with E-state index in [1.54, 1.807) is 6.07 Å². The maximum absolute atomic E-state index is 12.0. The molecule has 1 aliphatic rings. The lowest BCUT2D eigenvalue weighted by atomic mass is 10.1. The van der Waals surface area contributed by atoms with Gasteiger partial charge in [0.2, 0.25) is 5.91 Å². The van der Waals surface area contributed by atoms with Crippen LogP contribution in [-0.2, 0) is 11.2 Å². The molecule has 5 heteroatoms. The van der Waals surface area contributed by atoms with Gasteiger partial charge in [-0.2, -0.15) is 0 Å². The quantitative estimate of drug-likeness (QED) is 0.927. The summed E-state index contributed by atoms with van der Waals surface area (Å²) in [6.45, 7) is 3.44. The van der Waals surface area contributed by atoms with Crippen LogP contribution >= 0.6 is 23.2 Å². The fraction of sp³-hybridized carbons (Fsp3) is 0.500. The molecule has 1 fully saturated rings. The largest absolute Gasteiger partial charge is 0.340 e. The minimum absolute atomic E-state index is 0.245. The normalized spacial score (nSPS) is 15.6. The van der Waals surface area contributed by atoms with E-state index >= 15 is 0 Å². The molecule has 3 nitrogen and oxygen atoms in total. The average molecular weight is 301 g/mol. The molecule has 1 N–H and O–H groups in total. The Morgan fingerprint density at radius 2 is 1.79 bits per heavy atom. The van der Waals surface area contributed by atoms with E-state index in [-0.39, 0.29) is 5.91 Å². The third-order valence-corrected chi connectivity index (χ3v) is 3.68. The van der Waals surface area contributed by atoms with Gasteiger partial charge in [0, 0.05) is 42.6 Å². The number of hydrogen-bond donors (Lipinski definition) is 1. The van der Waals surface area contributed by atoms with Crippen molar-refractivity contribution in [3.63, 3.8) is 0 Å². The van der Waals surface area contributed by atoms with Gasteiger partial charge in [-0.15, -0.1) is 0 Å². The van der Waals surface area contributed by atoms with Crippen molar-refractivity contribution in [2.24, 2.45) is 0 Å². The Kier molecular flexibility index (Phi) is 5.49. The summed E-state index contributed by atoms with van der Waals surface area (Å²) < 4.78 is 0. The molecule has 1 heterocycles. The summed E-state index contributed by atoms with van der Waals surface area (Å²) in [5.74, 6) is 0.245. The molecule has 0 aromatic heterocycles. The van der Waals surface area contributed by atoms with Crippen LogP contribution < -0.4 is 5.32 Å². The molecule has 0 unspecified atom stereocenters. The fourth-order valence-electron chi connectivity index (χ4n) is 2.27. The summed E-state index contributed by atoms with van der Waals surface area (Å²) in [5.41, 5.74) is 1.09. The second-order valence-electron chi connectivity index (χ2n) is 4.76. The number of piperazine rings is 1. The Hall–Kier alpha value is -0.770. The molecule has 0 atom stereocenters. The molecular formula is C14H18Cl2N2O. The van der Waals surface area contributed by atoms with Crippen LogP contribution in [0.4, 0.5) is 0 Å². The number of aryl methyl sites for hydroxylation is 1. The van der Waals surface area contributed by atoms with Crippen LogP contribution in [0.3, 0.4) is 0 Å². The van der Waals surface area contributed by atoms with Crippen LogP contribution in [0.1, 0.15) is 18.4 Å². The van der Waals surface area contributed by atoms with E-state index in [1.165, 1.54) is 0 Å². The third kappa shape index (κ3) is 4.68. The topological polar surface area (TPSA) is 32.3 Å². The van der Waals surface area contributed by atoms with Gasteiger partial charge in [0.25, 0.3) is 0 Å². The molecule has 1 aromatic rings. The molecule has 0 bridgehead atoms. The van der Waals surface area contributed by atoms with E-state index in [0.717, 1.165) is 44.6 Å². The third-order valence-electron chi connectivity index (χ3n) is 3.25. The SMILES string of the molecule is O=C(CCCc1cc(Cl)cc(Cl)c1)N1CCNCC1. The number of carbonyl (C=O) groups excluding carboxylic acids is 1. The van der Waals surface area contributed by atoms with E-state index in [4.69, 9.17) is 23.2 Å². The Balaban J connectivity index is 1.77. The smallest absolute Gasteiger partial charge is 0.222 e. The van der Waals surface area contributed by atoms with Crippen LogP contribution in [0.15, 0.2) is 18.2 Å². The van der Waals surface area contributed by atoms with Gasteiger partial charge in [0.1, 0.15) is 0 Å². The molecule has 1 aromatic carbocycles. The summed E-state index contributed by atoms with van der Waals surface area (Å²) in [7, 11) is 0. The van der Waals surface area contributed by atoms with Crippen molar-refractivity contribution < 1.29 is 4.79 Å². The van der Waals surface area contributed by atoms with E-state index in [0.29, 0.717) is 16.5 Å². The zero-order chi connectivity index (χ0) is 13.7. The second-order valence-corrected chi connectivity index (χ2v) is 5.63. The minimum atomic E-state index is 0.245. The van der Waals surface area contributed by atoms with Crippen molar-refractivity contribution in [3.05, 3.63) is 33.8 Å². The number of rotatable bonds is 4. The van der Waals surface area contributed by atoms with Gasteiger partial charge < -0.3 is 10.2 Å². The molecular weight excluding hydrogens is 283 g/mol. The average Bonchev–Trinajstić information content (AvgIpc) is 2.38. The lowest BCUT2D eigenvalue weighted by Gasteiger charge is -2.27. The van der Waals surface area contributed by atoms with Crippen molar-refractivity contribution in [1.82, 2.24) is 10.2 Å². The first-order chi connectivity index (χ1) is 9.15. The van der Waals surface area contributed by atoms with Crippen LogP contribution in [0, 0.1) is 0 Å². The molecule has 0 spiro atoms. The van der Waals surface area contributed by atoms with Crippen LogP contribution in [0.25, 0.3) is 0 Å². The van der Waals surface area contributed by atoms with Gasteiger partial charge in [0.05, 0.1) is 0 Å². The highest BCUT2D eigenvalue weighted by molar-refractivity contribution is 6.34. The van der Waals surface area contributed by atoms with E-state index in [1.807, 2.05) is 17.0 Å². The zero-order valence-electron chi connectivity index (χ0n) is 10.8. The summed E-state index contributed by atoms with van der Waals surface area (Å²) >= 11 is 11.9. The number of halogens is 2. The summed E-state index contributed by atoms with van der Waals surface area (Å²) in [5, 5.41) is 4.54. The summed E-state index contributed by atoms with van der Waals surface area (Å²) in [6, 6.07) is 5.53. The number of nitrogens with one attached hydrogen (secondary N) is 1. The maximum atomic E-state index is 12.0. The first kappa shape index (κ1) is 14.6. The van der Waals surface area contributed by atoms with Crippen molar-refractivity contribution >= 4 is 29.1 Å². The zero-order valence-corrected chi connectivity index (χ0v) is 12.3. The number of amides is 1. The van der Waals surface area contributed by atoms with E-state index in [9.17, 15) is 4.79 Å². The lowest BCUT2D eigenvalue weighted by molar-refractivity contribution is -0.131. The lowest BCUT2D eigenvalue weighted by Crippen LogP contribution is -2.46. The van der Waals surface area contributed by atoms with Gasteiger partial charge in [-0.3, -0.25) is 4.79 Å². The molecule has 104 valence electrons.